The van der Waals surface area contributed by atoms with E-state index in [1.54, 1.807) is 17.0 Å². The van der Waals surface area contributed by atoms with Gasteiger partial charge in [-0.05, 0) is 37.0 Å². The molecule has 0 unspecified atom stereocenters. The van der Waals surface area contributed by atoms with Crippen molar-refractivity contribution in [2.24, 2.45) is 0 Å². The van der Waals surface area contributed by atoms with Crippen molar-refractivity contribution in [2.45, 2.75) is 26.2 Å². The molecule has 1 aliphatic rings. The third-order valence-corrected chi connectivity index (χ3v) is 3.48. The van der Waals surface area contributed by atoms with E-state index < -0.39 is 0 Å². The van der Waals surface area contributed by atoms with E-state index in [0.717, 1.165) is 32.4 Å². The number of nitrogens with zero attached hydrogens (tertiary/aromatic N) is 1. The van der Waals surface area contributed by atoms with E-state index in [1.165, 1.54) is 5.56 Å². The Morgan fingerprint density at radius 1 is 1.16 bits per heavy atom. The molecule has 0 saturated carbocycles. The summed E-state index contributed by atoms with van der Waals surface area (Å²) in [4.78, 5) is 25.5. The van der Waals surface area contributed by atoms with Crippen LogP contribution in [0, 0.1) is 0 Å². The predicted octanol–water partition coefficient (Wildman–Crippen LogP) is 1.60. The van der Waals surface area contributed by atoms with Crippen LogP contribution in [-0.2, 0) is 11.2 Å². The number of aryl methyl sites for hydroxylation is 1. The first-order valence-corrected chi connectivity index (χ1v) is 6.85. The summed E-state index contributed by atoms with van der Waals surface area (Å²) in [5, 5.41) is 2.68. The van der Waals surface area contributed by atoms with Gasteiger partial charge in [-0.25, -0.2) is 0 Å². The molecule has 1 saturated heterocycles. The molecule has 0 radical (unpaired) electrons. The molecule has 1 heterocycles. The Morgan fingerprint density at radius 2 is 1.79 bits per heavy atom. The zero-order chi connectivity index (χ0) is 13.7. The molecule has 1 N–H and O–H groups in total. The Bertz CT molecular complexity index is 448. The van der Waals surface area contributed by atoms with Crippen molar-refractivity contribution in [3.8, 4) is 0 Å². The van der Waals surface area contributed by atoms with Crippen LogP contribution in [0.2, 0.25) is 0 Å². The van der Waals surface area contributed by atoms with E-state index in [1.807, 2.05) is 12.1 Å². The van der Waals surface area contributed by atoms with Gasteiger partial charge >= 0.3 is 0 Å². The van der Waals surface area contributed by atoms with Crippen molar-refractivity contribution < 1.29 is 9.59 Å². The molecule has 19 heavy (non-hydrogen) atoms. The minimum atomic E-state index is -0.185. The highest BCUT2D eigenvalue weighted by molar-refractivity contribution is 5.96. The molecule has 1 aliphatic heterocycles. The summed E-state index contributed by atoms with van der Waals surface area (Å²) < 4.78 is 0. The SMILES string of the molecule is CCc1ccc(C(=O)NCC(=O)N2CCCC2)cc1. The topological polar surface area (TPSA) is 49.4 Å². The number of benzene rings is 1. The van der Waals surface area contributed by atoms with E-state index in [-0.39, 0.29) is 18.4 Å². The first-order valence-electron chi connectivity index (χ1n) is 6.85. The normalized spacial score (nSPS) is 14.5. The maximum atomic E-state index is 11.9. The van der Waals surface area contributed by atoms with Crippen molar-refractivity contribution in [1.82, 2.24) is 10.2 Å². The number of rotatable bonds is 4. The molecule has 102 valence electrons. The molecule has 0 atom stereocenters. The first kappa shape index (κ1) is 13.6. The molecule has 2 amide bonds. The van der Waals surface area contributed by atoms with E-state index in [2.05, 4.69) is 12.2 Å². The van der Waals surface area contributed by atoms with Gasteiger partial charge in [0.1, 0.15) is 0 Å². The van der Waals surface area contributed by atoms with Crippen LogP contribution in [0.3, 0.4) is 0 Å². The van der Waals surface area contributed by atoms with Crippen LogP contribution < -0.4 is 5.32 Å². The molecule has 0 aromatic heterocycles. The average molecular weight is 260 g/mol. The molecule has 4 heteroatoms. The fourth-order valence-electron chi connectivity index (χ4n) is 2.23. The first-order chi connectivity index (χ1) is 9.20. The van der Waals surface area contributed by atoms with Gasteiger partial charge in [0.05, 0.1) is 6.54 Å². The molecule has 0 spiro atoms. The largest absolute Gasteiger partial charge is 0.343 e. The minimum absolute atomic E-state index is 0.0102. The highest BCUT2D eigenvalue weighted by Gasteiger charge is 2.18. The van der Waals surface area contributed by atoms with E-state index in [4.69, 9.17) is 0 Å². The van der Waals surface area contributed by atoms with Crippen molar-refractivity contribution in [3.63, 3.8) is 0 Å². The lowest BCUT2D eigenvalue weighted by molar-refractivity contribution is -0.129. The fourth-order valence-corrected chi connectivity index (χ4v) is 2.23. The van der Waals surface area contributed by atoms with Crippen LogP contribution >= 0.6 is 0 Å². The van der Waals surface area contributed by atoms with Gasteiger partial charge in [0.25, 0.3) is 5.91 Å². The quantitative estimate of drug-likeness (QED) is 0.894. The smallest absolute Gasteiger partial charge is 0.251 e. The molecule has 4 nitrogen and oxygen atoms in total. The summed E-state index contributed by atoms with van der Waals surface area (Å²) >= 11 is 0. The molecule has 1 aromatic rings. The Balaban J connectivity index is 1.84. The van der Waals surface area contributed by atoms with Gasteiger partial charge in [-0.15, -0.1) is 0 Å². The summed E-state index contributed by atoms with van der Waals surface area (Å²) in [7, 11) is 0. The van der Waals surface area contributed by atoms with Crippen molar-refractivity contribution >= 4 is 11.8 Å². The maximum absolute atomic E-state index is 11.9. The highest BCUT2D eigenvalue weighted by Crippen LogP contribution is 2.07. The zero-order valence-corrected chi connectivity index (χ0v) is 11.3. The maximum Gasteiger partial charge on any atom is 0.251 e. The van der Waals surface area contributed by atoms with Crippen LogP contribution in [0.5, 0.6) is 0 Å². The summed E-state index contributed by atoms with van der Waals surface area (Å²) in [5.74, 6) is -0.175. The third-order valence-electron chi connectivity index (χ3n) is 3.48. The molecule has 2 rings (SSSR count). The molecule has 0 bridgehead atoms. The highest BCUT2D eigenvalue weighted by atomic mass is 16.2. The Morgan fingerprint density at radius 3 is 2.37 bits per heavy atom. The molecular formula is C15H20N2O2. The number of carbonyl (C=O) groups is 2. The fraction of sp³-hybridized carbons (Fsp3) is 0.467. The van der Waals surface area contributed by atoms with E-state index >= 15 is 0 Å². The molecular weight excluding hydrogens is 240 g/mol. The number of likely N-dealkylation sites (tertiary alicyclic amines) is 1. The van der Waals surface area contributed by atoms with E-state index in [9.17, 15) is 9.59 Å². The van der Waals surface area contributed by atoms with Gasteiger partial charge in [-0.2, -0.15) is 0 Å². The van der Waals surface area contributed by atoms with Gasteiger partial charge in [0.15, 0.2) is 0 Å². The Labute approximate surface area is 113 Å². The third kappa shape index (κ3) is 3.56. The van der Waals surface area contributed by atoms with Crippen molar-refractivity contribution in [3.05, 3.63) is 35.4 Å². The van der Waals surface area contributed by atoms with Crippen molar-refractivity contribution in [1.29, 1.82) is 0 Å². The predicted molar refractivity (Wildman–Crippen MR) is 74.0 cm³/mol. The van der Waals surface area contributed by atoms with Crippen molar-refractivity contribution in [2.75, 3.05) is 19.6 Å². The number of amides is 2. The van der Waals surface area contributed by atoms with Crippen LogP contribution in [0.1, 0.15) is 35.7 Å². The average Bonchev–Trinajstić information content (AvgIpc) is 2.98. The second kappa shape index (κ2) is 6.36. The zero-order valence-electron chi connectivity index (χ0n) is 11.3. The minimum Gasteiger partial charge on any atom is -0.343 e. The van der Waals surface area contributed by atoms with Crippen LogP contribution in [0.4, 0.5) is 0 Å². The van der Waals surface area contributed by atoms with Gasteiger partial charge in [-0.1, -0.05) is 19.1 Å². The summed E-state index contributed by atoms with van der Waals surface area (Å²) in [6, 6.07) is 7.48. The van der Waals surface area contributed by atoms with Gasteiger partial charge in [-0.3, -0.25) is 9.59 Å². The second-order valence-corrected chi connectivity index (χ2v) is 4.82. The van der Waals surface area contributed by atoms with Gasteiger partial charge in [0, 0.05) is 18.7 Å². The summed E-state index contributed by atoms with van der Waals surface area (Å²) in [6.07, 6.45) is 3.09. The van der Waals surface area contributed by atoms with Gasteiger partial charge in [0.2, 0.25) is 5.91 Å². The second-order valence-electron chi connectivity index (χ2n) is 4.82. The Kier molecular flexibility index (Phi) is 4.55. The lowest BCUT2D eigenvalue weighted by atomic mass is 10.1. The number of carbonyl (C=O) groups excluding carboxylic acids is 2. The molecule has 1 aromatic carbocycles. The Hall–Kier alpha value is -1.84. The summed E-state index contributed by atoms with van der Waals surface area (Å²) in [6.45, 7) is 3.80. The summed E-state index contributed by atoms with van der Waals surface area (Å²) in [5.41, 5.74) is 1.80. The van der Waals surface area contributed by atoms with Crippen LogP contribution in [-0.4, -0.2) is 36.3 Å². The number of hydrogen-bond donors (Lipinski definition) is 1. The lowest BCUT2D eigenvalue weighted by Gasteiger charge is -2.15. The molecule has 0 aliphatic carbocycles. The molecule has 1 fully saturated rings. The van der Waals surface area contributed by atoms with E-state index in [0.29, 0.717) is 5.56 Å². The standard InChI is InChI=1S/C15H20N2O2/c1-2-12-5-7-13(8-6-12)15(19)16-11-14(18)17-9-3-4-10-17/h5-8H,2-4,9-11H2,1H3,(H,16,19). The number of nitrogens with one attached hydrogen (secondary N) is 1. The van der Waals surface area contributed by atoms with Crippen LogP contribution in [0.25, 0.3) is 0 Å². The van der Waals surface area contributed by atoms with Gasteiger partial charge < -0.3 is 10.2 Å². The lowest BCUT2D eigenvalue weighted by Crippen LogP contribution is -2.38. The number of hydrogen-bond acceptors (Lipinski definition) is 2. The van der Waals surface area contributed by atoms with Crippen LogP contribution in [0.15, 0.2) is 24.3 Å². The monoisotopic (exact) mass is 260 g/mol.